The number of rotatable bonds is 6. The van der Waals surface area contributed by atoms with Crippen molar-refractivity contribution in [2.45, 2.75) is 25.5 Å². The van der Waals surface area contributed by atoms with Crippen LogP contribution in [0.25, 0.3) is 10.9 Å². The molecule has 0 radical (unpaired) electrons. The third-order valence-corrected chi connectivity index (χ3v) is 6.53. The van der Waals surface area contributed by atoms with Crippen LogP contribution in [0.5, 0.6) is 0 Å². The summed E-state index contributed by atoms with van der Waals surface area (Å²) < 4.78 is 27.3. The van der Waals surface area contributed by atoms with E-state index in [1.165, 1.54) is 0 Å². The number of nitrogens with zero attached hydrogens (tertiary/aromatic N) is 2. The van der Waals surface area contributed by atoms with Gasteiger partial charge in [-0.15, -0.1) is 12.4 Å². The normalized spacial score (nSPS) is 16.7. The number of piperidine rings is 1. The Hall–Kier alpha value is -1.21. The Labute approximate surface area is 156 Å². The van der Waals surface area contributed by atoms with E-state index < -0.39 is 10.0 Å². The molecular weight excluding hydrogens is 358 g/mol. The number of pyridine rings is 1. The summed E-state index contributed by atoms with van der Waals surface area (Å²) in [5.41, 5.74) is 1.56. The summed E-state index contributed by atoms with van der Waals surface area (Å²) >= 11 is 0. The molecule has 25 heavy (non-hydrogen) atoms. The molecule has 1 fully saturated rings. The summed E-state index contributed by atoms with van der Waals surface area (Å²) in [6.07, 6.45) is 3.57. The highest BCUT2D eigenvalue weighted by molar-refractivity contribution is 7.88. The number of para-hydroxylation sites is 1. The van der Waals surface area contributed by atoms with Gasteiger partial charge in [-0.05, 0) is 43.5 Å². The molecule has 0 unspecified atom stereocenters. The fourth-order valence-electron chi connectivity index (χ4n) is 3.31. The van der Waals surface area contributed by atoms with Crippen molar-refractivity contribution in [1.29, 1.82) is 0 Å². The largest absolute Gasteiger partial charge is 0.317 e. The van der Waals surface area contributed by atoms with Crippen LogP contribution in [-0.4, -0.2) is 43.9 Å². The molecule has 0 atom stereocenters. The van der Waals surface area contributed by atoms with Crippen LogP contribution in [-0.2, 0) is 15.8 Å². The van der Waals surface area contributed by atoms with E-state index in [1.807, 2.05) is 30.3 Å². The van der Waals surface area contributed by atoms with Crippen molar-refractivity contribution in [3.63, 3.8) is 0 Å². The van der Waals surface area contributed by atoms with Crippen molar-refractivity contribution >= 4 is 33.3 Å². The van der Waals surface area contributed by atoms with E-state index in [-0.39, 0.29) is 18.2 Å². The van der Waals surface area contributed by atoms with E-state index in [4.69, 9.17) is 0 Å². The van der Waals surface area contributed by atoms with Crippen molar-refractivity contribution in [2.75, 3.05) is 26.2 Å². The number of fused-ring (bicyclic) bond motifs is 1. The second kappa shape index (κ2) is 8.94. The maximum atomic E-state index is 12.8. The molecule has 0 bridgehead atoms. The van der Waals surface area contributed by atoms with Gasteiger partial charge in [0.1, 0.15) is 0 Å². The minimum absolute atomic E-state index is 0. The highest BCUT2D eigenvalue weighted by Gasteiger charge is 2.28. The summed E-state index contributed by atoms with van der Waals surface area (Å²) in [6.45, 7) is 5.29. The summed E-state index contributed by atoms with van der Waals surface area (Å²) in [6, 6.07) is 9.56. The van der Waals surface area contributed by atoms with Crippen molar-refractivity contribution in [3.8, 4) is 0 Å². The summed E-state index contributed by atoms with van der Waals surface area (Å²) in [5, 5.41) is 4.34. The molecule has 1 N–H and O–H groups in total. The third-order valence-electron chi connectivity index (χ3n) is 4.70. The van der Waals surface area contributed by atoms with Crippen LogP contribution in [0.2, 0.25) is 0 Å². The fraction of sp³-hybridized carbons (Fsp3) is 0.500. The molecule has 138 valence electrons. The average Bonchev–Trinajstić information content (AvgIpc) is 2.60. The van der Waals surface area contributed by atoms with Gasteiger partial charge in [-0.25, -0.2) is 12.7 Å². The highest BCUT2D eigenvalue weighted by Crippen LogP contribution is 2.23. The molecule has 0 amide bonds. The van der Waals surface area contributed by atoms with Crippen LogP contribution >= 0.6 is 12.4 Å². The minimum atomic E-state index is -3.30. The zero-order chi connectivity index (χ0) is 17.0. The number of sulfonamides is 1. The van der Waals surface area contributed by atoms with Crippen molar-refractivity contribution in [2.24, 2.45) is 5.92 Å². The second-order valence-corrected chi connectivity index (χ2v) is 8.37. The SMILES string of the molecule is CCNCC1CCN(S(=O)(=O)Cc2cccc3cccnc23)CC1.Cl. The lowest BCUT2D eigenvalue weighted by atomic mass is 9.98. The zero-order valence-electron chi connectivity index (χ0n) is 14.5. The fourth-order valence-corrected chi connectivity index (χ4v) is 4.89. The summed E-state index contributed by atoms with van der Waals surface area (Å²) in [7, 11) is -3.30. The van der Waals surface area contributed by atoms with E-state index in [2.05, 4.69) is 17.2 Å². The molecule has 7 heteroatoms. The van der Waals surface area contributed by atoms with Gasteiger partial charge < -0.3 is 5.32 Å². The molecule has 0 saturated carbocycles. The van der Waals surface area contributed by atoms with Gasteiger partial charge in [0.05, 0.1) is 11.3 Å². The van der Waals surface area contributed by atoms with E-state index in [9.17, 15) is 8.42 Å². The van der Waals surface area contributed by atoms with Crippen LogP contribution in [0.15, 0.2) is 36.5 Å². The Morgan fingerprint density at radius 1 is 1.20 bits per heavy atom. The molecule has 2 heterocycles. The number of benzene rings is 1. The van der Waals surface area contributed by atoms with Gasteiger partial charge in [0.2, 0.25) is 10.0 Å². The van der Waals surface area contributed by atoms with Gasteiger partial charge in [0.25, 0.3) is 0 Å². The lowest BCUT2D eigenvalue weighted by molar-refractivity contribution is 0.268. The molecule has 0 spiro atoms. The van der Waals surface area contributed by atoms with E-state index >= 15 is 0 Å². The molecule has 1 aliphatic heterocycles. The van der Waals surface area contributed by atoms with Gasteiger partial charge >= 0.3 is 0 Å². The molecule has 2 aromatic rings. The smallest absolute Gasteiger partial charge is 0.218 e. The average molecular weight is 384 g/mol. The Kier molecular flexibility index (Phi) is 7.19. The van der Waals surface area contributed by atoms with E-state index in [0.717, 1.165) is 42.4 Å². The monoisotopic (exact) mass is 383 g/mol. The van der Waals surface area contributed by atoms with E-state index in [0.29, 0.717) is 19.0 Å². The van der Waals surface area contributed by atoms with Crippen LogP contribution < -0.4 is 5.32 Å². The zero-order valence-corrected chi connectivity index (χ0v) is 16.2. The van der Waals surface area contributed by atoms with Crippen LogP contribution in [0.1, 0.15) is 25.3 Å². The first-order valence-electron chi connectivity index (χ1n) is 8.61. The topological polar surface area (TPSA) is 62.3 Å². The Bertz CT molecular complexity index is 785. The Morgan fingerprint density at radius 2 is 1.92 bits per heavy atom. The van der Waals surface area contributed by atoms with Gasteiger partial charge in [-0.3, -0.25) is 4.98 Å². The summed E-state index contributed by atoms with van der Waals surface area (Å²) in [5.74, 6) is 0.606. The third kappa shape index (κ3) is 4.91. The van der Waals surface area contributed by atoms with E-state index in [1.54, 1.807) is 10.5 Å². The molecule has 3 rings (SSSR count). The predicted molar refractivity (Wildman–Crippen MR) is 104 cm³/mol. The number of hydrogen-bond donors (Lipinski definition) is 1. The number of halogens is 1. The number of nitrogens with one attached hydrogen (secondary N) is 1. The maximum Gasteiger partial charge on any atom is 0.218 e. The number of aromatic nitrogens is 1. The van der Waals surface area contributed by atoms with Crippen molar-refractivity contribution in [3.05, 3.63) is 42.1 Å². The second-order valence-electron chi connectivity index (χ2n) is 6.40. The highest BCUT2D eigenvalue weighted by atomic mass is 35.5. The van der Waals surface area contributed by atoms with Crippen molar-refractivity contribution in [1.82, 2.24) is 14.6 Å². The van der Waals surface area contributed by atoms with Gasteiger partial charge in [0.15, 0.2) is 0 Å². The lowest BCUT2D eigenvalue weighted by Crippen LogP contribution is -2.41. The van der Waals surface area contributed by atoms with Gasteiger partial charge in [-0.2, -0.15) is 0 Å². The number of hydrogen-bond acceptors (Lipinski definition) is 4. The van der Waals surface area contributed by atoms with Crippen LogP contribution in [0, 0.1) is 5.92 Å². The minimum Gasteiger partial charge on any atom is -0.317 e. The van der Waals surface area contributed by atoms with Crippen LogP contribution in [0.4, 0.5) is 0 Å². The molecule has 1 aromatic carbocycles. The molecule has 0 aliphatic carbocycles. The van der Waals surface area contributed by atoms with Crippen molar-refractivity contribution < 1.29 is 8.42 Å². The Morgan fingerprint density at radius 3 is 2.64 bits per heavy atom. The standard InChI is InChI=1S/C18H25N3O2S.ClH/c1-2-19-13-15-8-11-21(12-9-15)24(22,23)14-17-6-3-5-16-7-4-10-20-18(16)17;/h3-7,10,15,19H,2,8-9,11-14H2,1H3;1H. The van der Waals surface area contributed by atoms with Gasteiger partial charge in [-0.1, -0.05) is 31.2 Å². The van der Waals surface area contributed by atoms with Crippen LogP contribution in [0.3, 0.4) is 0 Å². The first kappa shape index (κ1) is 20.1. The molecule has 1 saturated heterocycles. The lowest BCUT2D eigenvalue weighted by Gasteiger charge is -2.31. The quantitative estimate of drug-likeness (QED) is 0.833. The molecular formula is C18H26ClN3O2S. The first-order chi connectivity index (χ1) is 11.6. The van der Waals surface area contributed by atoms with Gasteiger partial charge in [0, 0.05) is 24.7 Å². The predicted octanol–water partition coefficient (Wildman–Crippen LogP) is 2.81. The maximum absolute atomic E-state index is 12.8. The summed E-state index contributed by atoms with van der Waals surface area (Å²) in [4.78, 5) is 4.37. The first-order valence-corrected chi connectivity index (χ1v) is 10.2. The molecule has 1 aromatic heterocycles. The Balaban J connectivity index is 0.00000225. The molecule has 1 aliphatic rings. The molecule has 5 nitrogen and oxygen atoms in total.